The number of hydrogen-bond donors (Lipinski definition) is 0. The van der Waals surface area contributed by atoms with Crippen LogP contribution in [-0.4, -0.2) is 84.1 Å². The fraction of sp³-hybridized carbons (Fsp3) is 0.517. The maximum absolute atomic E-state index is 13.8. The third-order valence-electron chi connectivity index (χ3n) is 8.27. The molecule has 0 bridgehead atoms. The number of piperazine rings is 1. The van der Waals surface area contributed by atoms with Crippen molar-refractivity contribution in [3.63, 3.8) is 0 Å². The first-order valence-electron chi connectivity index (χ1n) is 14.0. The van der Waals surface area contributed by atoms with E-state index in [0.717, 1.165) is 37.1 Å². The van der Waals surface area contributed by atoms with Gasteiger partial charge < -0.3 is 24.3 Å². The van der Waals surface area contributed by atoms with Crippen molar-refractivity contribution in [3.8, 4) is 12.1 Å². The zero-order chi connectivity index (χ0) is 30.0. The van der Waals surface area contributed by atoms with E-state index in [4.69, 9.17) is 9.72 Å². The Morgan fingerprint density at radius 3 is 2.69 bits per heavy atom. The first kappa shape index (κ1) is 29.6. The van der Waals surface area contributed by atoms with Crippen molar-refractivity contribution in [1.82, 2.24) is 19.8 Å². The van der Waals surface area contributed by atoms with Gasteiger partial charge in [-0.25, -0.2) is 4.39 Å². The molecule has 2 saturated heterocycles. The number of nitrogens with zero attached hydrogens (tertiary/aromatic N) is 7. The average Bonchev–Trinajstić information content (AvgIpc) is 3.39. The highest BCUT2D eigenvalue weighted by molar-refractivity contribution is 5.87. The van der Waals surface area contributed by atoms with E-state index in [9.17, 15) is 27.6 Å². The Morgan fingerprint density at radius 2 is 2.00 bits per heavy atom. The normalized spacial score (nSPS) is 21.2. The Balaban J connectivity index is 1.48. The van der Waals surface area contributed by atoms with Crippen LogP contribution in [0.15, 0.2) is 30.9 Å². The molecule has 0 saturated carbocycles. The number of hydrogen-bond acceptors (Lipinski definition) is 8. The molecular weight excluding hydrogens is 554 g/mol. The topological polar surface area (TPSA) is 88.8 Å². The molecule has 3 aliphatic rings. The summed E-state index contributed by atoms with van der Waals surface area (Å²) >= 11 is 0. The molecule has 2 atom stereocenters. The Morgan fingerprint density at radius 1 is 1.19 bits per heavy atom. The van der Waals surface area contributed by atoms with E-state index < -0.39 is 17.6 Å². The first-order valence-corrected chi connectivity index (χ1v) is 14.0. The fourth-order valence-electron chi connectivity index (χ4n) is 6.03. The molecule has 224 valence electrons. The molecule has 1 aromatic carbocycles. The summed E-state index contributed by atoms with van der Waals surface area (Å²) in [5.41, 5.74) is 0.157. The van der Waals surface area contributed by atoms with Gasteiger partial charge in [-0.15, -0.1) is 0 Å². The predicted octanol–water partition coefficient (Wildman–Crippen LogP) is 3.79. The highest BCUT2D eigenvalue weighted by Crippen LogP contribution is 2.39. The van der Waals surface area contributed by atoms with E-state index in [1.807, 2.05) is 11.9 Å². The summed E-state index contributed by atoms with van der Waals surface area (Å²) in [6.45, 7) is 6.34. The molecule has 0 aliphatic carbocycles. The number of rotatable bonds is 7. The van der Waals surface area contributed by atoms with E-state index in [1.165, 1.54) is 6.08 Å². The third-order valence-corrected chi connectivity index (χ3v) is 8.27. The molecule has 0 N–H and O–H groups in total. The van der Waals surface area contributed by atoms with Gasteiger partial charge >= 0.3 is 12.2 Å². The molecule has 42 heavy (non-hydrogen) atoms. The number of alkyl halides is 3. The number of halogens is 4. The van der Waals surface area contributed by atoms with Gasteiger partial charge in [0.2, 0.25) is 5.91 Å². The second-order valence-corrected chi connectivity index (χ2v) is 10.9. The number of fused-ring (bicyclic) bond motifs is 1. The monoisotopic (exact) mass is 587 g/mol. The lowest BCUT2D eigenvalue weighted by Crippen LogP contribution is -2.55. The molecule has 1 amide bonds. The van der Waals surface area contributed by atoms with Crippen LogP contribution in [0.5, 0.6) is 6.01 Å². The van der Waals surface area contributed by atoms with Gasteiger partial charge in [-0.1, -0.05) is 6.58 Å². The molecule has 1 aromatic heterocycles. The molecule has 3 aliphatic heterocycles. The second kappa shape index (κ2) is 12.1. The molecule has 13 heteroatoms. The van der Waals surface area contributed by atoms with Crippen LogP contribution in [0.2, 0.25) is 0 Å². The molecule has 4 heterocycles. The van der Waals surface area contributed by atoms with Crippen LogP contribution in [0.3, 0.4) is 0 Å². The molecule has 5 rings (SSSR count). The number of anilines is 2. The number of amides is 1. The van der Waals surface area contributed by atoms with Crippen molar-refractivity contribution in [2.24, 2.45) is 0 Å². The van der Waals surface area contributed by atoms with Gasteiger partial charge in [0, 0.05) is 43.5 Å². The lowest BCUT2D eigenvalue weighted by atomic mass is 10.0. The van der Waals surface area contributed by atoms with Gasteiger partial charge in [0.15, 0.2) is 0 Å². The number of nitriles is 1. The summed E-state index contributed by atoms with van der Waals surface area (Å²) in [6.07, 6.45) is -0.990. The van der Waals surface area contributed by atoms with Crippen LogP contribution >= 0.6 is 0 Å². The average molecular weight is 588 g/mol. The number of carbonyl (C=O) groups excluding carboxylic acids is 1. The number of benzene rings is 1. The summed E-state index contributed by atoms with van der Waals surface area (Å²) in [6, 6.07) is 4.79. The van der Waals surface area contributed by atoms with Crippen LogP contribution < -0.4 is 14.5 Å². The highest BCUT2D eigenvalue weighted by Gasteiger charge is 2.38. The number of likely N-dealkylation sites (N-methyl/N-ethyl adjacent to an activating group) is 1. The Hall–Kier alpha value is -3.92. The maximum atomic E-state index is 13.8. The minimum Gasteiger partial charge on any atom is -0.462 e. The van der Waals surface area contributed by atoms with E-state index >= 15 is 0 Å². The highest BCUT2D eigenvalue weighted by atomic mass is 19.4. The molecule has 1 unspecified atom stereocenters. The number of ether oxygens (including phenoxy) is 1. The lowest BCUT2D eigenvalue weighted by molar-refractivity contribution is -0.137. The van der Waals surface area contributed by atoms with Gasteiger partial charge in [-0.3, -0.25) is 4.79 Å². The summed E-state index contributed by atoms with van der Waals surface area (Å²) in [5, 5.41) is 9.42. The zero-order valence-electron chi connectivity index (χ0n) is 23.4. The Bertz CT molecular complexity index is 1380. The number of aromatic nitrogens is 2. The van der Waals surface area contributed by atoms with E-state index in [0.29, 0.717) is 50.2 Å². The summed E-state index contributed by atoms with van der Waals surface area (Å²) < 4.78 is 61.4. The van der Waals surface area contributed by atoms with Crippen LogP contribution in [0.25, 0.3) is 0 Å². The molecule has 2 fully saturated rings. The van der Waals surface area contributed by atoms with Gasteiger partial charge in [0.25, 0.3) is 0 Å². The molecule has 2 aromatic rings. The number of likely N-dealkylation sites (tertiary alicyclic amines) is 1. The molecule has 0 radical (unpaired) electrons. The maximum Gasteiger partial charge on any atom is 0.418 e. The van der Waals surface area contributed by atoms with E-state index in [2.05, 4.69) is 22.5 Å². The van der Waals surface area contributed by atoms with Crippen LogP contribution in [0, 0.1) is 17.1 Å². The molecule has 9 nitrogen and oxygen atoms in total. The van der Waals surface area contributed by atoms with Crippen molar-refractivity contribution in [1.29, 1.82) is 5.26 Å². The van der Waals surface area contributed by atoms with Crippen molar-refractivity contribution < 1.29 is 27.1 Å². The Kier molecular flexibility index (Phi) is 8.54. The van der Waals surface area contributed by atoms with Crippen molar-refractivity contribution in [2.45, 2.75) is 50.5 Å². The smallest absolute Gasteiger partial charge is 0.418 e. The van der Waals surface area contributed by atoms with Crippen molar-refractivity contribution in [2.75, 3.05) is 56.2 Å². The summed E-state index contributed by atoms with van der Waals surface area (Å²) in [5.74, 6) is -0.611. The minimum atomic E-state index is -4.73. The first-order chi connectivity index (χ1) is 20.1. The summed E-state index contributed by atoms with van der Waals surface area (Å²) in [4.78, 5) is 29.2. The SMILES string of the molecule is C=CC(=O)N1CCN(c2nc(OC[C@@H]3CCCN3C)nc3c2CCN(c2ccc(F)cc2C(F)(F)F)C3)CC1CC#N. The van der Waals surface area contributed by atoms with Gasteiger partial charge in [0.05, 0.1) is 36.3 Å². The minimum absolute atomic E-state index is 0.0514. The van der Waals surface area contributed by atoms with Crippen LogP contribution in [0.4, 0.5) is 29.1 Å². The molecular formula is C29H33F4N7O2. The largest absolute Gasteiger partial charge is 0.462 e. The van der Waals surface area contributed by atoms with Crippen molar-refractivity contribution in [3.05, 3.63) is 53.5 Å². The Labute approximate surface area is 242 Å². The standard InChI is InChI=1S/C29H33F4N7O2/c1-3-26(41)40-14-13-39(16-20(40)8-10-34)27-22-9-12-38(25-7-6-19(30)15-23(25)29(31,32)33)17-24(22)35-28(36-27)42-18-21-5-4-11-37(21)2/h3,6-7,15,20-21H,1,4-5,8-9,11-14,16-18H2,2H3/t20?,21-/m0/s1. The lowest BCUT2D eigenvalue weighted by Gasteiger charge is -2.42. The van der Waals surface area contributed by atoms with Gasteiger partial charge in [-0.2, -0.15) is 28.4 Å². The van der Waals surface area contributed by atoms with Crippen LogP contribution in [0.1, 0.15) is 36.1 Å². The third kappa shape index (κ3) is 6.13. The number of carbonyl (C=O) groups is 1. The van der Waals surface area contributed by atoms with Crippen LogP contribution in [-0.2, 0) is 23.9 Å². The van der Waals surface area contributed by atoms with Crippen molar-refractivity contribution >= 4 is 17.4 Å². The fourth-order valence-corrected chi connectivity index (χ4v) is 6.03. The van der Waals surface area contributed by atoms with E-state index in [1.54, 1.807) is 9.80 Å². The zero-order valence-corrected chi connectivity index (χ0v) is 23.4. The molecule has 0 spiro atoms. The quantitative estimate of drug-likeness (QED) is 0.357. The van der Waals surface area contributed by atoms with Gasteiger partial charge in [0.1, 0.15) is 18.2 Å². The van der Waals surface area contributed by atoms with E-state index in [-0.39, 0.29) is 49.2 Å². The predicted molar refractivity (Wildman–Crippen MR) is 147 cm³/mol. The van der Waals surface area contributed by atoms with Gasteiger partial charge in [-0.05, 0) is 57.1 Å². The second-order valence-electron chi connectivity index (χ2n) is 10.9. The summed E-state index contributed by atoms with van der Waals surface area (Å²) in [7, 11) is 2.03.